The fraction of sp³-hybridized carbons (Fsp3) is 0.353. The minimum atomic E-state index is -0.682. The molecule has 23 heavy (non-hydrogen) atoms. The standard InChI is InChI=1S/C17H17NO5/c1-3-22-16(19)13(10-18)8-11-4-7-14(15(9-11)21-2)23-17(20)12-5-6-12/h4,7-9,12H,3,5-6H2,1-2H3/b13-8+. The fourth-order valence-electron chi connectivity index (χ4n) is 1.88. The second-order valence-corrected chi connectivity index (χ2v) is 5.00. The molecule has 0 saturated heterocycles. The lowest BCUT2D eigenvalue weighted by molar-refractivity contribution is -0.138. The smallest absolute Gasteiger partial charge is 0.348 e. The maximum absolute atomic E-state index is 11.7. The third-order valence-electron chi connectivity index (χ3n) is 3.24. The molecule has 2 rings (SSSR count). The fourth-order valence-corrected chi connectivity index (χ4v) is 1.88. The first kappa shape index (κ1) is 16.6. The first-order valence-electron chi connectivity index (χ1n) is 7.27. The maximum Gasteiger partial charge on any atom is 0.348 e. The van der Waals surface area contributed by atoms with E-state index in [1.165, 1.54) is 13.2 Å². The minimum absolute atomic E-state index is 0.0201. The average molecular weight is 315 g/mol. The number of hydrogen-bond donors (Lipinski definition) is 0. The van der Waals surface area contributed by atoms with E-state index in [4.69, 9.17) is 19.5 Å². The van der Waals surface area contributed by atoms with E-state index in [1.54, 1.807) is 31.2 Å². The summed E-state index contributed by atoms with van der Waals surface area (Å²) in [6.45, 7) is 1.86. The Morgan fingerprint density at radius 1 is 1.35 bits per heavy atom. The van der Waals surface area contributed by atoms with Crippen molar-refractivity contribution in [2.75, 3.05) is 13.7 Å². The largest absolute Gasteiger partial charge is 0.493 e. The van der Waals surface area contributed by atoms with Crippen molar-refractivity contribution < 1.29 is 23.8 Å². The zero-order valence-corrected chi connectivity index (χ0v) is 13.0. The monoisotopic (exact) mass is 315 g/mol. The predicted octanol–water partition coefficient (Wildman–Crippen LogP) is 2.48. The third-order valence-corrected chi connectivity index (χ3v) is 3.24. The van der Waals surface area contributed by atoms with E-state index in [9.17, 15) is 9.59 Å². The molecule has 1 saturated carbocycles. The molecule has 1 aliphatic carbocycles. The van der Waals surface area contributed by atoms with E-state index in [2.05, 4.69) is 0 Å². The number of nitriles is 1. The Morgan fingerprint density at radius 2 is 2.09 bits per heavy atom. The SMILES string of the molecule is CCOC(=O)/C(C#N)=C/c1ccc(OC(=O)C2CC2)c(OC)c1. The van der Waals surface area contributed by atoms with Crippen molar-refractivity contribution in [2.24, 2.45) is 5.92 Å². The number of methoxy groups -OCH3 is 1. The van der Waals surface area contributed by atoms with Crippen LogP contribution in [0.1, 0.15) is 25.3 Å². The summed E-state index contributed by atoms with van der Waals surface area (Å²) in [6.07, 6.45) is 3.10. The molecule has 0 unspecified atom stereocenters. The Kier molecular flexibility index (Phi) is 5.36. The zero-order chi connectivity index (χ0) is 16.8. The Morgan fingerprint density at radius 3 is 2.65 bits per heavy atom. The third kappa shape index (κ3) is 4.33. The molecule has 0 radical (unpaired) electrons. The highest BCUT2D eigenvalue weighted by molar-refractivity contribution is 5.98. The normalized spacial score (nSPS) is 13.9. The van der Waals surface area contributed by atoms with Gasteiger partial charge in [0, 0.05) is 0 Å². The van der Waals surface area contributed by atoms with Gasteiger partial charge in [0.25, 0.3) is 0 Å². The van der Waals surface area contributed by atoms with Gasteiger partial charge in [-0.05, 0) is 43.5 Å². The zero-order valence-electron chi connectivity index (χ0n) is 13.0. The van der Waals surface area contributed by atoms with Gasteiger partial charge in [0.05, 0.1) is 19.6 Å². The highest BCUT2D eigenvalue weighted by atomic mass is 16.6. The summed E-state index contributed by atoms with van der Waals surface area (Å²) in [5, 5.41) is 9.03. The van der Waals surface area contributed by atoms with Crippen LogP contribution in [-0.4, -0.2) is 25.7 Å². The lowest BCUT2D eigenvalue weighted by Gasteiger charge is -2.09. The molecule has 1 aromatic rings. The van der Waals surface area contributed by atoms with E-state index < -0.39 is 5.97 Å². The number of carbonyl (C=O) groups excluding carboxylic acids is 2. The number of esters is 2. The minimum Gasteiger partial charge on any atom is -0.493 e. The highest BCUT2D eigenvalue weighted by Gasteiger charge is 2.32. The molecule has 6 nitrogen and oxygen atoms in total. The van der Waals surface area contributed by atoms with Crippen LogP contribution in [0.2, 0.25) is 0 Å². The number of carbonyl (C=O) groups is 2. The predicted molar refractivity (Wildman–Crippen MR) is 81.6 cm³/mol. The first-order chi connectivity index (χ1) is 11.1. The van der Waals surface area contributed by atoms with Crippen LogP contribution in [0.15, 0.2) is 23.8 Å². The van der Waals surface area contributed by atoms with Crippen molar-refractivity contribution in [3.8, 4) is 17.6 Å². The Balaban J connectivity index is 2.22. The molecule has 0 N–H and O–H groups in total. The van der Waals surface area contributed by atoms with Crippen LogP contribution in [0, 0.1) is 17.2 Å². The number of ether oxygens (including phenoxy) is 3. The van der Waals surface area contributed by atoms with Crippen molar-refractivity contribution >= 4 is 18.0 Å². The van der Waals surface area contributed by atoms with E-state index in [-0.39, 0.29) is 24.1 Å². The molecule has 0 heterocycles. The number of rotatable bonds is 6. The van der Waals surface area contributed by atoms with Crippen LogP contribution in [-0.2, 0) is 14.3 Å². The van der Waals surface area contributed by atoms with Crippen LogP contribution >= 0.6 is 0 Å². The lowest BCUT2D eigenvalue weighted by Crippen LogP contribution is -2.10. The number of hydrogen-bond acceptors (Lipinski definition) is 6. The molecule has 0 spiro atoms. The summed E-state index contributed by atoms with van der Waals surface area (Å²) in [5.74, 6) is -0.299. The Labute approximate surface area is 134 Å². The van der Waals surface area contributed by atoms with E-state index in [0.717, 1.165) is 12.8 Å². The molecule has 1 aliphatic rings. The van der Waals surface area contributed by atoms with Crippen molar-refractivity contribution in [1.29, 1.82) is 5.26 Å². The van der Waals surface area contributed by atoms with Gasteiger partial charge in [-0.25, -0.2) is 4.79 Å². The van der Waals surface area contributed by atoms with Crippen LogP contribution in [0.4, 0.5) is 0 Å². The Hall–Kier alpha value is -2.81. The van der Waals surface area contributed by atoms with Gasteiger partial charge in [-0.3, -0.25) is 4.79 Å². The highest BCUT2D eigenvalue weighted by Crippen LogP contribution is 2.34. The molecular weight excluding hydrogens is 298 g/mol. The summed E-state index contributed by atoms with van der Waals surface area (Å²) in [4.78, 5) is 23.3. The second kappa shape index (κ2) is 7.45. The summed E-state index contributed by atoms with van der Waals surface area (Å²) < 4.78 is 15.3. The number of benzene rings is 1. The number of nitrogens with zero attached hydrogens (tertiary/aromatic N) is 1. The van der Waals surface area contributed by atoms with Crippen LogP contribution in [0.5, 0.6) is 11.5 Å². The molecule has 0 aromatic heterocycles. The van der Waals surface area contributed by atoms with Gasteiger partial charge in [0.1, 0.15) is 11.6 Å². The second-order valence-electron chi connectivity index (χ2n) is 5.00. The van der Waals surface area contributed by atoms with Crippen molar-refractivity contribution in [3.05, 3.63) is 29.3 Å². The molecule has 1 fully saturated rings. The molecule has 0 amide bonds. The van der Waals surface area contributed by atoms with Gasteiger partial charge >= 0.3 is 11.9 Å². The van der Waals surface area contributed by atoms with Crippen molar-refractivity contribution in [2.45, 2.75) is 19.8 Å². The van der Waals surface area contributed by atoms with Gasteiger partial charge in [-0.1, -0.05) is 6.07 Å². The van der Waals surface area contributed by atoms with Crippen LogP contribution in [0.3, 0.4) is 0 Å². The topological polar surface area (TPSA) is 85.6 Å². The molecular formula is C17H17NO5. The van der Waals surface area contributed by atoms with Crippen molar-refractivity contribution in [1.82, 2.24) is 0 Å². The molecule has 120 valence electrons. The van der Waals surface area contributed by atoms with Crippen LogP contribution in [0.25, 0.3) is 6.08 Å². The van der Waals surface area contributed by atoms with E-state index in [1.807, 2.05) is 0 Å². The van der Waals surface area contributed by atoms with Gasteiger partial charge in [0.15, 0.2) is 11.5 Å². The summed E-state index contributed by atoms with van der Waals surface area (Å²) in [7, 11) is 1.45. The van der Waals surface area contributed by atoms with E-state index >= 15 is 0 Å². The Bertz CT molecular complexity index is 683. The molecule has 0 atom stereocenters. The lowest BCUT2D eigenvalue weighted by atomic mass is 10.1. The maximum atomic E-state index is 11.7. The molecule has 0 bridgehead atoms. The molecule has 6 heteroatoms. The van der Waals surface area contributed by atoms with Gasteiger partial charge in [-0.2, -0.15) is 5.26 Å². The quantitative estimate of drug-likeness (QED) is 0.347. The molecule has 1 aromatic carbocycles. The first-order valence-corrected chi connectivity index (χ1v) is 7.27. The molecule has 0 aliphatic heterocycles. The van der Waals surface area contributed by atoms with E-state index in [0.29, 0.717) is 17.1 Å². The van der Waals surface area contributed by atoms with Gasteiger partial charge in [0.2, 0.25) is 0 Å². The summed E-state index contributed by atoms with van der Waals surface area (Å²) >= 11 is 0. The van der Waals surface area contributed by atoms with Crippen molar-refractivity contribution in [3.63, 3.8) is 0 Å². The van der Waals surface area contributed by atoms with Gasteiger partial charge in [-0.15, -0.1) is 0 Å². The summed E-state index contributed by atoms with van der Waals surface area (Å²) in [6, 6.07) is 6.60. The average Bonchev–Trinajstić information content (AvgIpc) is 3.38. The van der Waals surface area contributed by atoms with Gasteiger partial charge < -0.3 is 14.2 Å². The van der Waals surface area contributed by atoms with Crippen LogP contribution < -0.4 is 9.47 Å². The summed E-state index contributed by atoms with van der Waals surface area (Å²) in [5.41, 5.74) is 0.453.